The van der Waals surface area contributed by atoms with Gasteiger partial charge in [0.1, 0.15) is 6.07 Å². The fraction of sp³-hybridized carbons (Fsp3) is 0.167. The summed E-state index contributed by atoms with van der Waals surface area (Å²) in [6.07, 6.45) is 0.390. The van der Waals surface area contributed by atoms with Crippen molar-refractivity contribution in [3.8, 4) is 6.07 Å². The maximum atomic E-state index is 10.6. The minimum absolute atomic E-state index is 0.0653. The third kappa shape index (κ3) is 3.36. The predicted molar refractivity (Wildman–Crippen MR) is 88.7 cm³/mol. The lowest BCUT2D eigenvalue weighted by atomic mass is 10.0. The summed E-state index contributed by atoms with van der Waals surface area (Å²) < 4.78 is 5.60. The summed E-state index contributed by atoms with van der Waals surface area (Å²) >= 11 is 0. The third-order valence-corrected chi connectivity index (χ3v) is 3.62. The summed E-state index contributed by atoms with van der Waals surface area (Å²) in [5, 5.41) is 22.9. The van der Waals surface area contributed by atoms with E-state index in [2.05, 4.69) is 10.3 Å². The quantitative estimate of drug-likeness (QED) is 0.723. The van der Waals surface area contributed by atoms with Gasteiger partial charge in [-0.15, -0.1) is 0 Å². The average Bonchev–Trinajstić information content (AvgIpc) is 2.97. The Balaban J connectivity index is 1.83. The number of nitriles is 1. The van der Waals surface area contributed by atoms with Crippen LogP contribution in [0.15, 0.2) is 46.9 Å². The molecule has 0 saturated carbocycles. The highest BCUT2D eigenvalue weighted by molar-refractivity contribution is 5.85. The zero-order valence-corrected chi connectivity index (χ0v) is 12.8. The number of benzene rings is 2. The standard InChI is InChI=1S/C18H15N3O3/c19-11-15-18(20-9-8-17(22)23)24-16(21-15)10-13-6-3-5-12-4-1-2-7-14(12)13/h1-7,20H,8-10H2,(H,22,23). The van der Waals surface area contributed by atoms with Crippen LogP contribution in [0.1, 0.15) is 23.6 Å². The van der Waals surface area contributed by atoms with Gasteiger partial charge < -0.3 is 14.8 Å². The number of fused-ring (bicyclic) bond motifs is 1. The normalized spacial score (nSPS) is 10.5. The lowest BCUT2D eigenvalue weighted by Crippen LogP contribution is -2.07. The summed E-state index contributed by atoms with van der Waals surface area (Å²) in [7, 11) is 0. The Morgan fingerprint density at radius 2 is 2.04 bits per heavy atom. The summed E-state index contributed by atoms with van der Waals surface area (Å²) in [5.41, 5.74) is 1.19. The number of carboxylic acids is 1. The molecule has 0 saturated heterocycles. The lowest BCUT2D eigenvalue weighted by molar-refractivity contribution is -0.136. The molecule has 2 aromatic carbocycles. The number of carboxylic acid groups (broad SMARTS) is 1. The molecule has 0 aliphatic heterocycles. The van der Waals surface area contributed by atoms with Gasteiger partial charge in [-0.25, -0.2) is 4.98 Å². The Morgan fingerprint density at radius 3 is 2.83 bits per heavy atom. The predicted octanol–water partition coefficient (Wildman–Crippen LogP) is 3.18. The topological polar surface area (TPSA) is 99.2 Å². The van der Waals surface area contributed by atoms with E-state index in [1.54, 1.807) is 0 Å². The second-order valence-electron chi connectivity index (χ2n) is 5.28. The highest BCUT2D eigenvalue weighted by Crippen LogP contribution is 2.23. The molecule has 6 nitrogen and oxygen atoms in total. The minimum Gasteiger partial charge on any atom is -0.481 e. The van der Waals surface area contributed by atoms with Gasteiger partial charge in [0.2, 0.25) is 17.5 Å². The molecule has 3 aromatic rings. The first-order valence-corrected chi connectivity index (χ1v) is 7.49. The van der Waals surface area contributed by atoms with Crippen molar-refractivity contribution in [2.45, 2.75) is 12.8 Å². The highest BCUT2D eigenvalue weighted by atomic mass is 16.4. The SMILES string of the molecule is N#Cc1nc(Cc2cccc3ccccc23)oc1NCCC(=O)O. The fourth-order valence-electron chi connectivity index (χ4n) is 2.53. The Bertz CT molecular complexity index is 919. The molecule has 0 spiro atoms. The van der Waals surface area contributed by atoms with Crippen LogP contribution in [0, 0.1) is 11.3 Å². The molecule has 24 heavy (non-hydrogen) atoms. The number of hydrogen-bond donors (Lipinski definition) is 2. The van der Waals surface area contributed by atoms with Crippen molar-refractivity contribution in [2.24, 2.45) is 0 Å². The van der Waals surface area contributed by atoms with E-state index in [0.29, 0.717) is 12.3 Å². The Kier molecular flexibility index (Phi) is 4.43. The lowest BCUT2D eigenvalue weighted by Gasteiger charge is -2.04. The molecular formula is C18H15N3O3. The van der Waals surface area contributed by atoms with Crippen molar-refractivity contribution in [2.75, 3.05) is 11.9 Å². The number of aliphatic carboxylic acids is 1. The molecule has 0 radical (unpaired) electrons. The molecule has 3 rings (SSSR count). The Labute approximate surface area is 138 Å². The first-order chi connectivity index (χ1) is 11.7. The van der Waals surface area contributed by atoms with Gasteiger partial charge in [-0.05, 0) is 16.3 Å². The summed E-state index contributed by atoms with van der Waals surface area (Å²) in [6, 6.07) is 16.0. The van der Waals surface area contributed by atoms with Gasteiger partial charge in [0, 0.05) is 6.54 Å². The van der Waals surface area contributed by atoms with Crippen LogP contribution in [0.2, 0.25) is 0 Å². The second kappa shape index (κ2) is 6.84. The molecule has 120 valence electrons. The van der Waals surface area contributed by atoms with Gasteiger partial charge in [-0.2, -0.15) is 5.26 Å². The molecule has 0 amide bonds. The van der Waals surface area contributed by atoms with Gasteiger partial charge in [-0.3, -0.25) is 4.79 Å². The molecule has 0 unspecified atom stereocenters. The number of nitrogens with one attached hydrogen (secondary N) is 1. The molecule has 6 heteroatoms. The Hall–Kier alpha value is -3.33. The van der Waals surface area contributed by atoms with Crippen molar-refractivity contribution >= 4 is 22.6 Å². The molecule has 0 bridgehead atoms. The van der Waals surface area contributed by atoms with Crippen LogP contribution in [0.3, 0.4) is 0 Å². The maximum Gasteiger partial charge on any atom is 0.305 e. The van der Waals surface area contributed by atoms with E-state index in [-0.39, 0.29) is 24.5 Å². The van der Waals surface area contributed by atoms with Crippen molar-refractivity contribution in [1.29, 1.82) is 5.26 Å². The van der Waals surface area contributed by atoms with E-state index in [9.17, 15) is 4.79 Å². The smallest absolute Gasteiger partial charge is 0.305 e. The Morgan fingerprint density at radius 1 is 1.25 bits per heavy atom. The monoisotopic (exact) mass is 321 g/mol. The van der Waals surface area contributed by atoms with Crippen molar-refractivity contribution in [3.63, 3.8) is 0 Å². The summed E-state index contributed by atoms with van der Waals surface area (Å²) in [4.78, 5) is 14.8. The number of rotatable bonds is 6. The largest absolute Gasteiger partial charge is 0.481 e. The third-order valence-electron chi connectivity index (χ3n) is 3.62. The van der Waals surface area contributed by atoms with E-state index < -0.39 is 5.97 Å². The van der Waals surface area contributed by atoms with E-state index >= 15 is 0 Å². The molecule has 0 atom stereocenters. The summed E-state index contributed by atoms with van der Waals surface area (Å²) in [5.74, 6) is -0.286. The van der Waals surface area contributed by atoms with Gasteiger partial charge in [-0.1, -0.05) is 42.5 Å². The van der Waals surface area contributed by atoms with Crippen LogP contribution in [-0.2, 0) is 11.2 Å². The van der Waals surface area contributed by atoms with E-state index in [1.807, 2.05) is 48.5 Å². The van der Waals surface area contributed by atoms with Crippen LogP contribution < -0.4 is 5.32 Å². The van der Waals surface area contributed by atoms with Crippen LogP contribution in [-0.4, -0.2) is 22.6 Å². The zero-order chi connectivity index (χ0) is 16.9. The zero-order valence-electron chi connectivity index (χ0n) is 12.8. The molecule has 0 aliphatic carbocycles. The van der Waals surface area contributed by atoms with Gasteiger partial charge in [0.15, 0.2) is 0 Å². The molecule has 0 aliphatic rings. The van der Waals surface area contributed by atoms with Crippen molar-refractivity contribution in [1.82, 2.24) is 4.98 Å². The average molecular weight is 321 g/mol. The number of oxazole rings is 1. The van der Waals surface area contributed by atoms with Gasteiger partial charge in [0.05, 0.1) is 12.8 Å². The number of aromatic nitrogens is 1. The van der Waals surface area contributed by atoms with E-state index in [4.69, 9.17) is 14.8 Å². The molecule has 1 heterocycles. The number of carbonyl (C=O) groups is 1. The van der Waals surface area contributed by atoms with Crippen LogP contribution in [0.4, 0.5) is 5.88 Å². The first-order valence-electron chi connectivity index (χ1n) is 7.49. The van der Waals surface area contributed by atoms with Crippen LogP contribution in [0.25, 0.3) is 10.8 Å². The van der Waals surface area contributed by atoms with Gasteiger partial charge >= 0.3 is 5.97 Å². The minimum atomic E-state index is -0.920. The first kappa shape index (κ1) is 15.6. The molecule has 1 aromatic heterocycles. The molecule has 0 fully saturated rings. The van der Waals surface area contributed by atoms with Gasteiger partial charge in [0.25, 0.3) is 0 Å². The fourth-order valence-corrected chi connectivity index (χ4v) is 2.53. The number of anilines is 1. The maximum absolute atomic E-state index is 10.6. The number of hydrogen-bond acceptors (Lipinski definition) is 5. The van der Waals surface area contributed by atoms with E-state index in [0.717, 1.165) is 16.3 Å². The van der Waals surface area contributed by atoms with Crippen molar-refractivity contribution < 1.29 is 14.3 Å². The van der Waals surface area contributed by atoms with E-state index in [1.165, 1.54) is 0 Å². The van der Waals surface area contributed by atoms with Crippen LogP contribution >= 0.6 is 0 Å². The summed E-state index contributed by atoms with van der Waals surface area (Å²) in [6.45, 7) is 0.174. The number of nitrogens with zero attached hydrogens (tertiary/aromatic N) is 2. The van der Waals surface area contributed by atoms with Crippen LogP contribution in [0.5, 0.6) is 0 Å². The second-order valence-corrected chi connectivity index (χ2v) is 5.28. The molecular weight excluding hydrogens is 306 g/mol. The molecule has 2 N–H and O–H groups in total. The van der Waals surface area contributed by atoms with Crippen molar-refractivity contribution in [3.05, 3.63) is 59.6 Å². The highest BCUT2D eigenvalue weighted by Gasteiger charge is 2.14.